The van der Waals surface area contributed by atoms with Crippen molar-refractivity contribution in [3.05, 3.63) is 71.9 Å². The minimum atomic E-state index is -2.94. The highest BCUT2D eigenvalue weighted by molar-refractivity contribution is 5.65. The number of nitrogens with zero attached hydrogens (tertiary/aromatic N) is 5. The molecule has 1 N–H and O–H groups in total. The highest BCUT2D eigenvalue weighted by Gasteiger charge is 2.47. The van der Waals surface area contributed by atoms with Gasteiger partial charge in [0.1, 0.15) is 17.0 Å². The summed E-state index contributed by atoms with van der Waals surface area (Å²) in [6.45, 7) is 2.48. The molecule has 0 saturated carbocycles. The highest BCUT2D eigenvalue weighted by Crippen LogP contribution is 2.49. The SMILES string of the molecule is C[C@@H]1[C@H]2CO[C@@H]1CN2c1ncc(-c2ccc3nc4c(n3c2)[C@@H](c2ccccc2OC(F)F)C[C@]4(C)O)cn1. The van der Waals surface area contributed by atoms with Gasteiger partial charge in [0.15, 0.2) is 0 Å². The van der Waals surface area contributed by atoms with E-state index in [4.69, 9.17) is 14.5 Å². The fraction of sp³-hybridized carbons (Fsp3) is 0.393. The number of morpholine rings is 1. The van der Waals surface area contributed by atoms with Crippen molar-refractivity contribution in [2.75, 3.05) is 18.1 Å². The summed E-state index contributed by atoms with van der Waals surface area (Å²) in [6.07, 6.45) is 6.11. The average Bonchev–Trinajstić information content (AvgIpc) is 3.63. The van der Waals surface area contributed by atoms with E-state index in [1.807, 2.05) is 35.1 Å². The van der Waals surface area contributed by atoms with Gasteiger partial charge in [-0.25, -0.2) is 15.0 Å². The van der Waals surface area contributed by atoms with Crippen LogP contribution in [-0.4, -0.2) is 56.4 Å². The fourth-order valence-electron chi connectivity index (χ4n) is 6.33. The van der Waals surface area contributed by atoms with Gasteiger partial charge in [0, 0.05) is 53.7 Å². The van der Waals surface area contributed by atoms with Crippen molar-refractivity contribution in [3.63, 3.8) is 0 Å². The first-order chi connectivity index (χ1) is 18.3. The molecule has 5 heterocycles. The van der Waals surface area contributed by atoms with Crippen LogP contribution in [0.1, 0.15) is 43.1 Å². The molecular weight excluding hydrogens is 492 g/mol. The summed E-state index contributed by atoms with van der Waals surface area (Å²) in [5.74, 6) is 0.883. The van der Waals surface area contributed by atoms with Crippen LogP contribution in [0.4, 0.5) is 14.7 Å². The first-order valence-electron chi connectivity index (χ1n) is 12.8. The number of ether oxygens (including phenoxy) is 2. The van der Waals surface area contributed by atoms with E-state index < -0.39 is 12.2 Å². The van der Waals surface area contributed by atoms with Crippen LogP contribution in [-0.2, 0) is 10.3 Å². The van der Waals surface area contributed by atoms with Crippen LogP contribution in [0.5, 0.6) is 5.75 Å². The molecule has 7 rings (SSSR count). The molecule has 1 aromatic carbocycles. The van der Waals surface area contributed by atoms with Gasteiger partial charge in [-0.15, -0.1) is 0 Å². The molecule has 196 valence electrons. The number of hydrogen-bond acceptors (Lipinski definition) is 7. The second-order valence-electron chi connectivity index (χ2n) is 10.7. The molecule has 3 aliphatic rings. The Kier molecular flexibility index (Phi) is 5.22. The largest absolute Gasteiger partial charge is 0.435 e. The standard InChI is InChI=1S/C28H27F2N5O3/c1-15-20-14-37-22(15)13-34(20)27-31-10-17(11-32-27)16-7-8-23-33-25-24(35(23)12-16)19(9-28(25,2)36)18-5-3-4-6-21(18)38-26(29)30/h3-8,10-12,15,19-20,22,26,36H,9,13-14H2,1-2H3/t15-,19-,20-,22-,28+/m1/s1. The van der Waals surface area contributed by atoms with Crippen molar-refractivity contribution < 1.29 is 23.4 Å². The molecule has 0 unspecified atom stereocenters. The fourth-order valence-corrected chi connectivity index (χ4v) is 6.33. The number of aromatic nitrogens is 4. The van der Waals surface area contributed by atoms with E-state index in [0.717, 1.165) is 23.4 Å². The minimum absolute atomic E-state index is 0.0987. The number of anilines is 1. The molecular formula is C28H27F2N5O3. The highest BCUT2D eigenvalue weighted by atomic mass is 19.3. The maximum absolute atomic E-state index is 13.1. The molecule has 8 nitrogen and oxygen atoms in total. The molecule has 38 heavy (non-hydrogen) atoms. The summed E-state index contributed by atoms with van der Waals surface area (Å²) in [5, 5.41) is 11.2. The Morgan fingerprint density at radius 1 is 1.13 bits per heavy atom. The number of hydrogen-bond donors (Lipinski definition) is 1. The minimum Gasteiger partial charge on any atom is -0.435 e. The summed E-state index contributed by atoms with van der Waals surface area (Å²) >= 11 is 0. The Balaban J connectivity index is 1.27. The molecule has 2 saturated heterocycles. The Hall–Kier alpha value is -3.63. The second kappa shape index (κ2) is 8.44. The van der Waals surface area contributed by atoms with E-state index in [-0.39, 0.29) is 17.8 Å². The van der Waals surface area contributed by atoms with Crippen molar-refractivity contribution in [2.24, 2.45) is 5.92 Å². The van der Waals surface area contributed by atoms with E-state index in [1.54, 1.807) is 25.1 Å². The van der Waals surface area contributed by atoms with Gasteiger partial charge < -0.3 is 23.9 Å². The van der Waals surface area contributed by atoms with Crippen molar-refractivity contribution in [3.8, 4) is 16.9 Å². The van der Waals surface area contributed by atoms with Crippen LogP contribution < -0.4 is 9.64 Å². The van der Waals surface area contributed by atoms with Crippen molar-refractivity contribution in [1.29, 1.82) is 0 Å². The predicted octanol–water partition coefficient (Wildman–Crippen LogP) is 4.36. The number of fused-ring (bicyclic) bond motifs is 5. The van der Waals surface area contributed by atoms with E-state index in [0.29, 0.717) is 47.8 Å². The van der Waals surface area contributed by atoms with Gasteiger partial charge in [0.05, 0.1) is 30.1 Å². The van der Waals surface area contributed by atoms with Gasteiger partial charge in [-0.3, -0.25) is 0 Å². The van der Waals surface area contributed by atoms with E-state index in [9.17, 15) is 13.9 Å². The molecule has 4 aromatic rings. The Labute approximate surface area is 217 Å². The van der Waals surface area contributed by atoms with E-state index in [1.165, 1.54) is 6.07 Å². The molecule has 5 atom stereocenters. The number of benzene rings is 1. The van der Waals surface area contributed by atoms with Crippen LogP contribution >= 0.6 is 0 Å². The number of pyridine rings is 1. The summed E-state index contributed by atoms with van der Waals surface area (Å²) in [5.41, 5.74) is 3.06. The number of aliphatic hydroxyl groups is 1. The van der Waals surface area contributed by atoms with E-state index >= 15 is 0 Å². The zero-order valence-electron chi connectivity index (χ0n) is 21.0. The number of halogens is 2. The van der Waals surface area contributed by atoms with Gasteiger partial charge in [-0.05, 0) is 31.5 Å². The molecule has 2 bridgehead atoms. The van der Waals surface area contributed by atoms with Gasteiger partial charge in [-0.2, -0.15) is 8.78 Å². The average molecular weight is 520 g/mol. The third-order valence-electron chi connectivity index (χ3n) is 8.29. The van der Waals surface area contributed by atoms with E-state index in [2.05, 4.69) is 21.8 Å². The van der Waals surface area contributed by atoms with Crippen LogP contribution in [0.3, 0.4) is 0 Å². The van der Waals surface area contributed by atoms with Crippen LogP contribution in [0, 0.1) is 5.92 Å². The lowest BCUT2D eigenvalue weighted by Crippen LogP contribution is -2.38. The lowest BCUT2D eigenvalue weighted by molar-refractivity contribution is -0.0506. The molecule has 0 amide bonds. The summed E-state index contributed by atoms with van der Waals surface area (Å²) < 4.78 is 38.8. The third-order valence-corrected chi connectivity index (χ3v) is 8.29. The quantitative estimate of drug-likeness (QED) is 0.419. The Morgan fingerprint density at radius 3 is 2.63 bits per heavy atom. The number of para-hydroxylation sites is 1. The summed E-state index contributed by atoms with van der Waals surface area (Å²) in [4.78, 5) is 16.3. The maximum atomic E-state index is 13.1. The topological polar surface area (TPSA) is 85.0 Å². The van der Waals surface area contributed by atoms with Gasteiger partial charge in [-0.1, -0.05) is 25.1 Å². The van der Waals surface area contributed by atoms with Crippen LogP contribution in [0.25, 0.3) is 16.8 Å². The number of rotatable bonds is 5. The van der Waals surface area contributed by atoms with Crippen molar-refractivity contribution >= 4 is 11.6 Å². The predicted molar refractivity (Wildman–Crippen MR) is 135 cm³/mol. The smallest absolute Gasteiger partial charge is 0.387 e. The monoisotopic (exact) mass is 519 g/mol. The normalized spacial score (nSPS) is 28.0. The molecule has 0 radical (unpaired) electrons. The summed E-state index contributed by atoms with van der Waals surface area (Å²) in [7, 11) is 0. The maximum Gasteiger partial charge on any atom is 0.387 e. The zero-order chi connectivity index (χ0) is 26.2. The number of imidazole rings is 1. The molecule has 10 heteroatoms. The Morgan fingerprint density at radius 2 is 1.92 bits per heavy atom. The van der Waals surface area contributed by atoms with Crippen molar-refractivity contribution in [1.82, 2.24) is 19.4 Å². The molecule has 2 fully saturated rings. The lowest BCUT2D eigenvalue weighted by Gasteiger charge is -2.26. The number of alkyl halides is 2. The zero-order valence-corrected chi connectivity index (χ0v) is 21.0. The molecule has 1 aliphatic carbocycles. The lowest BCUT2D eigenvalue weighted by atomic mass is 9.93. The molecule has 2 aliphatic heterocycles. The van der Waals surface area contributed by atoms with Crippen LogP contribution in [0.15, 0.2) is 55.0 Å². The van der Waals surface area contributed by atoms with Gasteiger partial charge in [0.25, 0.3) is 0 Å². The second-order valence-corrected chi connectivity index (χ2v) is 10.7. The summed E-state index contributed by atoms with van der Waals surface area (Å²) in [6, 6.07) is 10.9. The van der Waals surface area contributed by atoms with Crippen molar-refractivity contribution in [2.45, 2.75) is 50.5 Å². The Bertz CT molecular complexity index is 1520. The first kappa shape index (κ1) is 23.5. The van der Waals surface area contributed by atoms with Gasteiger partial charge in [0.2, 0.25) is 5.95 Å². The van der Waals surface area contributed by atoms with Crippen LogP contribution in [0.2, 0.25) is 0 Å². The third kappa shape index (κ3) is 3.58. The molecule has 0 spiro atoms. The molecule has 3 aromatic heterocycles. The first-order valence-corrected chi connectivity index (χ1v) is 12.8. The van der Waals surface area contributed by atoms with Gasteiger partial charge >= 0.3 is 6.61 Å².